The molecular formula is C22H30S2. The summed E-state index contributed by atoms with van der Waals surface area (Å²) in [5.41, 5.74) is 2.98. The maximum atomic E-state index is 4.47. The van der Waals surface area contributed by atoms with Crippen molar-refractivity contribution < 1.29 is 0 Å². The molecule has 0 aliphatic rings. The number of benzene rings is 2. The first-order valence-corrected chi connectivity index (χ1v) is 9.86. The number of hydrogen-bond donors (Lipinski definition) is 2. The van der Waals surface area contributed by atoms with Gasteiger partial charge in [-0.05, 0) is 48.2 Å². The first-order chi connectivity index (χ1) is 11.4. The Morgan fingerprint density at radius 2 is 0.917 bits per heavy atom. The number of thiol groups is 2. The smallest absolute Gasteiger partial charge is 0.00401 e. The van der Waals surface area contributed by atoms with Crippen molar-refractivity contribution in [1.82, 2.24) is 0 Å². The van der Waals surface area contributed by atoms with Crippen LogP contribution in [-0.4, -0.2) is 0 Å². The van der Waals surface area contributed by atoms with Crippen LogP contribution in [0.2, 0.25) is 0 Å². The van der Waals surface area contributed by atoms with Crippen LogP contribution < -0.4 is 0 Å². The molecule has 0 aliphatic carbocycles. The van der Waals surface area contributed by atoms with Crippen molar-refractivity contribution in [2.24, 2.45) is 0 Å². The van der Waals surface area contributed by atoms with Crippen molar-refractivity contribution in [3.05, 3.63) is 59.7 Å². The zero-order valence-electron chi connectivity index (χ0n) is 15.3. The van der Waals surface area contributed by atoms with Crippen LogP contribution in [0, 0.1) is 0 Å². The maximum absolute atomic E-state index is 4.47. The standard InChI is InChI=1S/C22H30S2/c1-5-15-21(3,17-7-11-19(23)12-8-17)22(4,16-6-2)18-9-13-20(24)14-10-18/h7-14,23-24H,5-6,15-16H2,1-4H3. The minimum absolute atomic E-state index is 0.0807. The van der Waals surface area contributed by atoms with Gasteiger partial charge in [0.25, 0.3) is 0 Å². The molecule has 0 saturated heterocycles. The summed E-state index contributed by atoms with van der Waals surface area (Å²) in [6.07, 6.45) is 4.67. The van der Waals surface area contributed by atoms with Gasteiger partial charge in [-0.25, -0.2) is 0 Å². The van der Waals surface area contributed by atoms with Gasteiger partial charge in [-0.3, -0.25) is 0 Å². The third kappa shape index (κ3) is 3.70. The van der Waals surface area contributed by atoms with Gasteiger partial charge in [0.2, 0.25) is 0 Å². The summed E-state index contributed by atoms with van der Waals surface area (Å²) in [4.78, 5) is 2.04. The van der Waals surface area contributed by atoms with Gasteiger partial charge in [-0.2, -0.15) is 0 Å². The largest absolute Gasteiger partial charge is 0.143 e. The van der Waals surface area contributed by atoms with Gasteiger partial charge in [0.15, 0.2) is 0 Å². The van der Waals surface area contributed by atoms with Crippen molar-refractivity contribution in [3.63, 3.8) is 0 Å². The average Bonchev–Trinajstić information content (AvgIpc) is 2.56. The molecule has 24 heavy (non-hydrogen) atoms. The van der Waals surface area contributed by atoms with Crippen LogP contribution >= 0.6 is 25.3 Å². The molecule has 2 aromatic rings. The molecule has 0 amide bonds. The highest BCUT2D eigenvalue weighted by Gasteiger charge is 2.45. The Hall–Kier alpha value is -0.860. The summed E-state index contributed by atoms with van der Waals surface area (Å²) in [5.74, 6) is 0. The molecule has 0 saturated carbocycles. The lowest BCUT2D eigenvalue weighted by atomic mass is 9.55. The monoisotopic (exact) mass is 358 g/mol. The lowest BCUT2D eigenvalue weighted by molar-refractivity contribution is 0.216. The second-order valence-electron chi connectivity index (χ2n) is 7.26. The van der Waals surface area contributed by atoms with E-state index >= 15 is 0 Å². The number of hydrogen-bond acceptors (Lipinski definition) is 2. The Morgan fingerprint density at radius 3 is 1.17 bits per heavy atom. The SMILES string of the molecule is CCCC(C)(c1ccc(S)cc1)C(C)(CCC)c1ccc(S)cc1. The maximum Gasteiger partial charge on any atom is 0.00401 e. The summed E-state index contributed by atoms with van der Waals surface area (Å²) in [6.45, 7) is 9.45. The van der Waals surface area contributed by atoms with Gasteiger partial charge in [0, 0.05) is 20.6 Å². The first kappa shape index (κ1) is 19.5. The topological polar surface area (TPSA) is 0 Å². The van der Waals surface area contributed by atoms with E-state index in [1.165, 1.54) is 24.0 Å². The summed E-state index contributed by atoms with van der Waals surface area (Å²) in [6, 6.07) is 17.5. The highest BCUT2D eigenvalue weighted by Crippen LogP contribution is 2.50. The highest BCUT2D eigenvalue weighted by atomic mass is 32.1. The predicted molar refractivity (Wildman–Crippen MR) is 112 cm³/mol. The summed E-state index contributed by atoms with van der Waals surface area (Å²) in [7, 11) is 0. The van der Waals surface area contributed by atoms with Gasteiger partial charge in [-0.15, -0.1) is 25.3 Å². The van der Waals surface area contributed by atoms with E-state index < -0.39 is 0 Å². The summed E-state index contributed by atoms with van der Waals surface area (Å²) >= 11 is 8.93. The van der Waals surface area contributed by atoms with Crippen molar-refractivity contribution in [1.29, 1.82) is 0 Å². The van der Waals surface area contributed by atoms with Crippen molar-refractivity contribution in [2.75, 3.05) is 0 Å². The molecule has 2 heteroatoms. The van der Waals surface area contributed by atoms with Crippen LogP contribution in [0.25, 0.3) is 0 Å². The fourth-order valence-electron chi connectivity index (χ4n) is 4.14. The molecule has 0 radical (unpaired) electrons. The molecule has 0 aliphatic heterocycles. The van der Waals surface area contributed by atoms with Crippen molar-refractivity contribution >= 4 is 25.3 Å². The first-order valence-electron chi connectivity index (χ1n) is 8.96. The summed E-state index contributed by atoms with van der Waals surface area (Å²) < 4.78 is 0. The molecule has 130 valence electrons. The fourth-order valence-corrected chi connectivity index (χ4v) is 4.43. The Balaban J connectivity index is 2.61. The zero-order chi connectivity index (χ0) is 17.8. The molecular weight excluding hydrogens is 328 g/mol. The van der Waals surface area contributed by atoms with Crippen molar-refractivity contribution in [3.8, 4) is 0 Å². The van der Waals surface area contributed by atoms with Crippen LogP contribution in [0.15, 0.2) is 58.3 Å². The van der Waals surface area contributed by atoms with Crippen LogP contribution in [0.3, 0.4) is 0 Å². The second-order valence-corrected chi connectivity index (χ2v) is 8.29. The van der Waals surface area contributed by atoms with Crippen molar-refractivity contribution in [2.45, 2.75) is 74.0 Å². The van der Waals surface area contributed by atoms with Crippen LogP contribution in [0.4, 0.5) is 0 Å². The third-order valence-corrected chi connectivity index (χ3v) is 6.32. The minimum Gasteiger partial charge on any atom is -0.143 e. The molecule has 2 atom stereocenters. The van der Waals surface area contributed by atoms with Gasteiger partial charge < -0.3 is 0 Å². The second kappa shape index (κ2) is 8.01. The van der Waals surface area contributed by atoms with E-state index in [2.05, 4.69) is 101 Å². The quantitative estimate of drug-likeness (QED) is 0.485. The zero-order valence-corrected chi connectivity index (χ0v) is 17.1. The highest BCUT2D eigenvalue weighted by molar-refractivity contribution is 7.80. The molecule has 0 aromatic heterocycles. The van der Waals surface area contributed by atoms with E-state index in [1.807, 2.05) is 0 Å². The molecule has 0 bridgehead atoms. The van der Waals surface area contributed by atoms with E-state index in [-0.39, 0.29) is 10.8 Å². The molecule has 0 spiro atoms. The lowest BCUT2D eigenvalue weighted by Crippen LogP contribution is -2.45. The minimum atomic E-state index is 0.0807. The lowest BCUT2D eigenvalue weighted by Gasteiger charge is -2.48. The Morgan fingerprint density at radius 1 is 0.625 bits per heavy atom. The van der Waals surface area contributed by atoms with E-state index in [1.54, 1.807) is 0 Å². The fraction of sp³-hybridized carbons (Fsp3) is 0.455. The molecule has 0 heterocycles. The van der Waals surface area contributed by atoms with E-state index in [0.717, 1.165) is 22.6 Å². The summed E-state index contributed by atoms with van der Waals surface area (Å²) in [5, 5.41) is 0. The molecule has 0 N–H and O–H groups in total. The van der Waals surface area contributed by atoms with Gasteiger partial charge in [0.05, 0.1) is 0 Å². The Kier molecular flexibility index (Phi) is 6.50. The molecule has 0 fully saturated rings. The van der Waals surface area contributed by atoms with E-state index in [4.69, 9.17) is 0 Å². The predicted octanol–water partition coefficient (Wildman–Crippen LogP) is 7.08. The Labute approximate surface area is 158 Å². The normalized spacial score (nSPS) is 16.4. The van der Waals surface area contributed by atoms with E-state index in [0.29, 0.717) is 0 Å². The molecule has 2 aromatic carbocycles. The van der Waals surface area contributed by atoms with Crippen LogP contribution in [0.5, 0.6) is 0 Å². The number of rotatable bonds is 7. The van der Waals surface area contributed by atoms with Gasteiger partial charge in [-0.1, -0.05) is 64.8 Å². The van der Waals surface area contributed by atoms with Gasteiger partial charge in [0.1, 0.15) is 0 Å². The molecule has 0 nitrogen and oxygen atoms in total. The van der Waals surface area contributed by atoms with E-state index in [9.17, 15) is 0 Å². The van der Waals surface area contributed by atoms with Crippen LogP contribution in [0.1, 0.15) is 64.5 Å². The Bertz CT molecular complexity index is 585. The molecule has 2 rings (SSSR count). The van der Waals surface area contributed by atoms with Crippen LogP contribution in [-0.2, 0) is 10.8 Å². The molecule has 2 unspecified atom stereocenters. The third-order valence-electron chi connectivity index (χ3n) is 5.73. The van der Waals surface area contributed by atoms with Gasteiger partial charge >= 0.3 is 0 Å². The average molecular weight is 359 g/mol.